The Kier molecular flexibility index (Phi) is 20.9. The highest BCUT2D eigenvalue weighted by Crippen LogP contribution is 2.48. The molecule has 0 saturated carbocycles. The summed E-state index contributed by atoms with van der Waals surface area (Å²) in [5.41, 5.74) is 1.88. The molecule has 2 heterocycles. The average molecular weight is 611 g/mol. The van der Waals surface area contributed by atoms with E-state index in [9.17, 15) is 9.36 Å². The van der Waals surface area contributed by atoms with Crippen molar-refractivity contribution in [1.82, 2.24) is 20.3 Å². The number of ether oxygens (including phenoxy) is 1. The first kappa shape index (κ1) is 36.7. The van der Waals surface area contributed by atoms with Gasteiger partial charge < -0.3 is 29.1 Å². The number of hydrogen-bond acceptors (Lipinski definition) is 7. The summed E-state index contributed by atoms with van der Waals surface area (Å²) in [4.78, 5) is 21.6. The van der Waals surface area contributed by atoms with E-state index in [-0.39, 0.29) is 5.56 Å². The van der Waals surface area contributed by atoms with Crippen molar-refractivity contribution in [2.45, 2.75) is 130 Å². The van der Waals surface area contributed by atoms with Crippen LogP contribution in [0.3, 0.4) is 0 Å². The summed E-state index contributed by atoms with van der Waals surface area (Å²) in [5, 5.41) is 3.33. The summed E-state index contributed by atoms with van der Waals surface area (Å²) < 4.78 is 30.4. The van der Waals surface area contributed by atoms with Crippen molar-refractivity contribution in [3.8, 4) is 0 Å². The highest BCUT2D eigenvalue weighted by Gasteiger charge is 2.23. The SMILES string of the molecule is CCCCCCCCCCCCCCCCOCCCOP(=O)(CCCNCc1c[nH]c2c(=O)[nH]cnc12)OCCC. The molecule has 3 N–H and O–H groups in total. The van der Waals surface area contributed by atoms with Crippen molar-refractivity contribution >= 4 is 18.6 Å². The number of fused-ring (bicyclic) bond motifs is 1. The fourth-order valence-corrected chi connectivity index (χ4v) is 6.77. The largest absolute Gasteiger partial charge is 0.381 e. The van der Waals surface area contributed by atoms with Crippen LogP contribution in [0.4, 0.5) is 0 Å². The molecule has 0 bridgehead atoms. The van der Waals surface area contributed by atoms with Crippen LogP contribution in [0.5, 0.6) is 0 Å². The summed E-state index contributed by atoms with van der Waals surface area (Å²) in [7, 11) is -3.13. The molecule has 0 fully saturated rings. The quantitative estimate of drug-likeness (QED) is 0.0627. The topological polar surface area (TPSA) is 118 Å². The van der Waals surface area contributed by atoms with Crippen molar-refractivity contribution in [2.24, 2.45) is 0 Å². The Hall–Kier alpha value is -1.51. The van der Waals surface area contributed by atoms with Crippen molar-refractivity contribution in [3.05, 3.63) is 28.4 Å². The van der Waals surface area contributed by atoms with Gasteiger partial charge >= 0.3 is 7.60 Å². The van der Waals surface area contributed by atoms with E-state index < -0.39 is 7.60 Å². The summed E-state index contributed by atoms with van der Waals surface area (Å²) in [6.45, 7) is 7.70. The minimum atomic E-state index is -3.13. The normalized spacial score (nSPS) is 13.2. The second kappa shape index (κ2) is 23.9. The molecule has 0 aliphatic carbocycles. The van der Waals surface area contributed by atoms with Gasteiger partial charge in [-0.05, 0) is 32.2 Å². The molecule has 1 atom stereocenters. The van der Waals surface area contributed by atoms with Crippen LogP contribution in [0.1, 0.15) is 129 Å². The van der Waals surface area contributed by atoms with Crippen LogP contribution < -0.4 is 10.9 Å². The number of rotatable bonds is 29. The zero-order valence-electron chi connectivity index (χ0n) is 26.6. The van der Waals surface area contributed by atoms with E-state index in [1.807, 2.05) is 6.92 Å². The molecule has 2 rings (SSSR count). The monoisotopic (exact) mass is 610 g/mol. The molecule has 0 aliphatic heterocycles. The molecular weight excluding hydrogens is 551 g/mol. The fraction of sp³-hybridized carbons (Fsp3) is 0.812. The lowest BCUT2D eigenvalue weighted by atomic mass is 10.0. The van der Waals surface area contributed by atoms with Crippen LogP contribution >= 0.6 is 7.60 Å². The molecule has 0 saturated heterocycles. The number of hydrogen-bond donors (Lipinski definition) is 3. The maximum absolute atomic E-state index is 13.2. The van der Waals surface area contributed by atoms with Gasteiger partial charge in [0.1, 0.15) is 5.52 Å². The first-order valence-electron chi connectivity index (χ1n) is 16.8. The molecule has 0 amide bonds. The van der Waals surface area contributed by atoms with Gasteiger partial charge in [0.2, 0.25) is 0 Å². The van der Waals surface area contributed by atoms with Gasteiger partial charge in [0.05, 0.1) is 31.2 Å². The standard InChI is InChI=1S/C32H59N4O5P/c1-3-5-6-7-8-9-10-11-12-13-14-15-16-17-22-39-23-19-24-41-42(38,40-21-4-2)25-18-20-33-26-29-27-34-31-30(29)35-28-36-32(31)37/h27-28,33-34H,3-26H2,1-2H3,(H,35,36,37). The molecule has 242 valence electrons. The van der Waals surface area contributed by atoms with E-state index in [4.69, 9.17) is 13.8 Å². The third-order valence-electron chi connectivity index (χ3n) is 7.50. The molecule has 0 aliphatic rings. The smallest absolute Gasteiger partial charge is 0.330 e. The average Bonchev–Trinajstić information content (AvgIpc) is 3.41. The Labute approximate surface area is 254 Å². The summed E-state index contributed by atoms with van der Waals surface area (Å²) in [6.07, 6.45) is 24.7. The molecular formula is C32H59N4O5P. The van der Waals surface area contributed by atoms with Crippen LogP contribution in [0.15, 0.2) is 17.3 Å². The number of H-pyrrole nitrogens is 2. The summed E-state index contributed by atoms with van der Waals surface area (Å²) in [5.74, 6) is 0. The second-order valence-electron chi connectivity index (χ2n) is 11.4. The number of unbranched alkanes of at least 4 members (excludes halogenated alkanes) is 13. The predicted molar refractivity (Wildman–Crippen MR) is 173 cm³/mol. The third kappa shape index (κ3) is 16.4. The van der Waals surface area contributed by atoms with Gasteiger partial charge in [-0.15, -0.1) is 0 Å². The van der Waals surface area contributed by atoms with Gasteiger partial charge in [0, 0.05) is 31.5 Å². The maximum atomic E-state index is 13.2. The van der Waals surface area contributed by atoms with Crippen molar-refractivity contribution in [3.63, 3.8) is 0 Å². The number of aromatic nitrogens is 3. The van der Waals surface area contributed by atoms with E-state index in [1.165, 1.54) is 89.8 Å². The summed E-state index contributed by atoms with van der Waals surface area (Å²) in [6, 6.07) is 0. The lowest BCUT2D eigenvalue weighted by Crippen LogP contribution is -2.17. The first-order chi connectivity index (χ1) is 20.6. The number of nitrogens with one attached hydrogen (secondary N) is 3. The van der Waals surface area contributed by atoms with E-state index in [0.29, 0.717) is 62.9 Å². The molecule has 0 radical (unpaired) electrons. The Balaban J connectivity index is 1.44. The van der Waals surface area contributed by atoms with Gasteiger partial charge in [-0.1, -0.05) is 97.3 Å². The van der Waals surface area contributed by atoms with Gasteiger partial charge in [0.25, 0.3) is 5.56 Å². The first-order valence-corrected chi connectivity index (χ1v) is 18.5. The zero-order chi connectivity index (χ0) is 30.1. The third-order valence-corrected chi connectivity index (χ3v) is 9.52. The van der Waals surface area contributed by atoms with Crippen LogP contribution in [-0.2, 0) is 24.9 Å². The minimum Gasteiger partial charge on any atom is -0.381 e. The van der Waals surface area contributed by atoms with E-state index in [0.717, 1.165) is 25.0 Å². The Morgan fingerprint density at radius 2 is 1.36 bits per heavy atom. The molecule has 1 unspecified atom stereocenters. The van der Waals surface area contributed by atoms with Crippen molar-refractivity contribution in [1.29, 1.82) is 0 Å². The zero-order valence-corrected chi connectivity index (χ0v) is 27.5. The van der Waals surface area contributed by atoms with Crippen molar-refractivity contribution < 1.29 is 18.3 Å². The number of nitrogens with zero attached hydrogens (tertiary/aromatic N) is 1. The van der Waals surface area contributed by atoms with Crippen LogP contribution in [0, 0.1) is 0 Å². The van der Waals surface area contributed by atoms with Gasteiger partial charge in [-0.2, -0.15) is 0 Å². The Bertz CT molecular complexity index is 1030. The van der Waals surface area contributed by atoms with Gasteiger partial charge in [0.15, 0.2) is 0 Å². The molecule has 10 heteroatoms. The fourth-order valence-electron chi connectivity index (χ4n) is 5.02. The highest BCUT2D eigenvalue weighted by molar-refractivity contribution is 7.53. The van der Waals surface area contributed by atoms with Crippen LogP contribution in [0.2, 0.25) is 0 Å². The van der Waals surface area contributed by atoms with Crippen molar-refractivity contribution in [2.75, 3.05) is 39.1 Å². The summed E-state index contributed by atoms with van der Waals surface area (Å²) >= 11 is 0. The number of aromatic amines is 2. The molecule has 0 spiro atoms. The van der Waals surface area contributed by atoms with Crippen LogP contribution in [0.25, 0.3) is 11.0 Å². The molecule has 9 nitrogen and oxygen atoms in total. The Morgan fingerprint density at radius 3 is 2.02 bits per heavy atom. The van der Waals surface area contributed by atoms with E-state index >= 15 is 0 Å². The van der Waals surface area contributed by atoms with Gasteiger partial charge in [-0.3, -0.25) is 9.36 Å². The van der Waals surface area contributed by atoms with Gasteiger partial charge in [-0.25, -0.2) is 4.98 Å². The second-order valence-corrected chi connectivity index (χ2v) is 13.5. The lowest BCUT2D eigenvalue weighted by molar-refractivity contribution is 0.111. The molecule has 42 heavy (non-hydrogen) atoms. The minimum absolute atomic E-state index is 0.183. The van der Waals surface area contributed by atoms with E-state index in [1.54, 1.807) is 6.20 Å². The van der Waals surface area contributed by atoms with E-state index in [2.05, 4.69) is 27.2 Å². The predicted octanol–water partition coefficient (Wildman–Crippen LogP) is 8.26. The highest BCUT2D eigenvalue weighted by atomic mass is 31.2. The molecule has 2 aromatic rings. The van der Waals surface area contributed by atoms with Crippen LogP contribution in [-0.4, -0.2) is 54.1 Å². The molecule has 2 aromatic heterocycles. The maximum Gasteiger partial charge on any atom is 0.330 e. The lowest BCUT2D eigenvalue weighted by Gasteiger charge is -2.18. The molecule has 0 aromatic carbocycles. The Morgan fingerprint density at radius 1 is 0.738 bits per heavy atom.